The van der Waals surface area contributed by atoms with Crippen molar-refractivity contribution >= 4 is 0 Å². The Balaban J connectivity index is 0.000000174. The molecule has 0 spiro atoms. The Labute approximate surface area is 145 Å². The molecule has 1 heterocycles. The van der Waals surface area contributed by atoms with Crippen LogP contribution in [0, 0.1) is 0 Å². The zero-order valence-corrected chi connectivity index (χ0v) is 14.2. The van der Waals surface area contributed by atoms with Crippen molar-refractivity contribution in [3.8, 4) is 0 Å². The lowest BCUT2D eigenvalue weighted by Gasteiger charge is -2.23. The number of hydrogen-bond donors (Lipinski definition) is 1. The second-order valence-corrected chi connectivity index (χ2v) is 5.71. The maximum absolute atomic E-state index is 8.79. The minimum atomic E-state index is 0.106. The van der Waals surface area contributed by atoms with Crippen molar-refractivity contribution in [1.82, 2.24) is 0 Å². The van der Waals surface area contributed by atoms with Crippen LogP contribution in [0.3, 0.4) is 0 Å². The molecule has 2 heteroatoms. The zero-order chi connectivity index (χ0) is 17.2. The first-order valence-corrected chi connectivity index (χ1v) is 8.40. The van der Waals surface area contributed by atoms with Crippen molar-refractivity contribution in [2.75, 3.05) is 13.2 Å². The number of rotatable bonds is 5. The van der Waals surface area contributed by atoms with Gasteiger partial charge >= 0.3 is 0 Å². The molecule has 0 saturated carbocycles. The van der Waals surface area contributed by atoms with E-state index in [9.17, 15) is 0 Å². The molecule has 0 aliphatic carbocycles. The Bertz CT molecular complexity index is 661. The summed E-state index contributed by atoms with van der Waals surface area (Å²) < 4.78 is 5.54. The highest BCUT2D eigenvalue weighted by Gasteiger charge is 2.16. The molecule has 2 aromatic rings. The van der Waals surface area contributed by atoms with E-state index >= 15 is 0 Å². The Hall–Kier alpha value is -2.16. The van der Waals surface area contributed by atoms with Gasteiger partial charge in [-0.15, -0.1) is 13.2 Å². The smallest absolute Gasteiger partial charge is 0.101 e. The second-order valence-electron chi connectivity index (χ2n) is 5.71. The highest BCUT2D eigenvalue weighted by atomic mass is 16.5. The van der Waals surface area contributed by atoms with Crippen LogP contribution < -0.4 is 0 Å². The summed E-state index contributed by atoms with van der Waals surface area (Å²) in [4.78, 5) is 0. The number of aliphatic hydroxyl groups excluding tert-OH is 1. The Morgan fingerprint density at radius 2 is 1.75 bits per heavy atom. The van der Waals surface area contributed by atoms with Crippen LogP contribution in [0.1, 0.15) is 28.4 Å². The summed E-state index contributed by atoms with van der Waals surface area (Å²) in [5.74, 6) is 0. The average molecular weight is 322 g/mol. The predicted octanol–water partition coefficient (Wildman–Crippen LogP) is 4.44. The first-order chi connectivity index (χ1) is 11.8. The summed E-state index contributed by atoms with van der Waals surface area (Å²) in [7, 11) is 0. The average Bonchev–Trinajstić information content (AvgIpc) is 2.64. The van der Waals surface area contributed by atoms with Gasteiger partial charge in [-0.25, -0.2) is 0 Å². The fraction of sp³-hybridized carbons (Fsp3) is 0.273. The maximum Gasteiger partial charge on any atom is 0.101 e. The molecular formula is C22H26O2. The molecule has 1 aliphatic rings. The third-order valence-corrected chi connectivity index (χ3v) is 4.11. The van der Waals surface area contributed by atoms with Gasteiger partial charge in [0.15, 0.2) is 0 Å². The summed E-state index contributed by atoms with van der Waals surface area (Å²) in [5, 5.41) is 8.79. The van der Waals surface area contributed by atoms with Crippen LogP contribution in [0.5, 0.6) is 0 Å². The van der Waals surface area contributed by atoms with E-state index in [1.54, 1.807) is 0 Å². The van der Waals surface area contributed by atoms with Gasteiger partial charge in [-0.2, -0.15) is 0 Å². The molecule has 0 aromatic heterocycles. The number of fused-ring (bicyclic) bond motifs is 1. The number of ether oxygens (including phenoxy) is 1. The van der Waals surface area contributed by atoms with Crippen molar-refractivity contribution in [3.63, 3.8) is 0 Å². The van der Waals surface area contributed by atoms with Crippen LogP contribution in [0.15, 0.2) is 73.8 Å². The second kappa shape index (κ2) is 9.86. The lowest BCUT2D eigenvalue weighted by atomic mass is 9.98. The monoisotopic (exact) mass is 322 g/mol. The van der Waals surface area contributed by atoms with Gasteiger partial charge in [0.05, 0.1) is 6.61 Å². The summed E-state index contributed by atoms with van der Waals surface area (Å²) >= 11 is 0. The van der Waals surface area contributed by atoms with E-state index < -0.39 is 0 Å². The van der Waals surface area contributed by atoms with Crippen molar-refractivity contribution in [2.24, 2.45) is 0 Å². The fourth-order valence-electron chi connectivity index (χ4n) is 2.90. The molecule has 0 unspecified atom stereocenters. The highest BCUT2D eigenvalue weighted by molar-refractivity contribution is 5.32. The molecule has 2 aromatic carbocycles. The van der Waals surface area contributed by atoms with E-state index in [-0.39, 0.29) is 12.7 Å². The SMILES string of the molecule is C=CCc1ccccc1CCO.C=C[C@@H]1OCCc2ccccc21. The topological polar surface area (TPSA) is 29.5 Å². The third kappa shape index (κ3) is 4.92. The van der Waals surface area contributed by atoms with Gasteiger partial charge in [0.25, 0.3) is 0 Å². The minimum absolute atomic E-state index is 0.106. The van der Waals surface area contributed by atoms with E-state index in [1.165, 1.54) is 22.3 Å². The van der Waals surface area contributed by atoms with E-state index in [1.807, 2.05) is 30.4 Å². The van der Waals surface area contributed by atoms with Gasteiger partial charge in [-0.05, 0) is 41.5 Å². The molecule has 1 N–H and O–H groups in total. The molecule has 0 radical (unpaired) electrons. The Kier molecular flexibility index (Phi) is 7.47. The first kappa shape index (κ1) is 18.2. The Morgan fingerprint density at radius 1 is 1.04 bits per heavy atom. The molecule has 24 heavy (non-hydrogen) atoms. The van der Waals surface area contributed by atoms with Crippen LogP contribution in [-0.2, 0) is 24.0 Å². The highest BCUT2D eigenvalue weighted by Crippen LogP contribution is 2.27. The number of aliphatic hydroxyl groups is 1. The summed E-state index contributed by atoms with van der Waals surface area (Å²) in [6.07, 6.45) is 6.50. The molecule has 0 bridgehead atoms. The van der Waals surface area contributed by atoms with E-state index in [2.05, 4.69) is 43.5 Å². The summed E-state index contributed by atoms with van der Waals surface area (Å²) in [6, 6.07) is 16.5. The van der Waals surface area contributed by atoms with Crippen LogP contribution in [-0.4, -0.2) is 18.3 Å². The largest absolute Gasteiger partial charge is 0.396 e. The molecule has 1 aliphatic heterocycles. The molecular weight excluding hydrogens is 296 g/mol. The normalized spacial score (nSPS) is 15.6. The van der Waals surface area contributed by atoms with Crippen LogP contribution in [0.25, 0.3) is 0 Å². The van der Waals surface area contributed by atoms with Crippen molar-refractivity contribution in [2.45, 2.75) is 25.4 Å². The van der Waals surface area contributed by atoms with Gasteiger partial charge < -0.3 is 9.84 Å². The number of hydrogen-bond acceptors (Lipinski definition) is 2. The van der Waals surface area contributed by atoms with Crippen LogP contribution >= 0.6 is 0 Å². The molecule has 0 amide bonds. The standard InChI is InChI=1S/C11H12O.C11H14O/c1-2-11-10-6-4-3-5-9(10)7-8-12-11;1-2-5-10-6-3-4-7-11(10)8-9-12/h2-6,11H,1,7-8H2;2-4,6-7,12H,1,5,8-9H2/t11-;/m0./s1. The van der Waals surface area contributed by atoms with Gasteiger partial charge in [-0.3, -0.25) is 0 Å². The van der Waals surface area contributed by atoms with Crippen molar-refractivity contribution in [1.29, 1.82) is 0 Å². The quantitative estimate of drug-likeness (QED) is 0.825. The van der Waals surface area contributed by atoms with Gasteiger partial charge in [0, 0.05) is 6.61 Å². The van der Waals surface area contributed by atoms with Crippen molar-refractivity contribution < 1.29 is 9.84 Å². The Morgan fingerprint density at radius 3 is 2.46 bits per heavy atom. The third-order valence-electron chi connectivity index (χ3n) is 4.11. The number of allylic oxidation sites excluding steroid dienone is 1. The molecule has 0 saturated heterocycles. The molecule has 126 valence electrons. The molecule has 2 nitrogen and oxygen atoms in total. The summed E-state index contributed by atoms with van der Waals surface area (Å²) in [6.45, 7) is 8.48. The van der Waals surface area contributed by atoms with E-state index in [0.717, 1.165) is 25.9 Å². The van der Waals surface area contributed by atoms with Crippen LogP contribution in [0.2, 0.25) is 0 Å². The van der Waals surface area contributed by atoms with Crippen molar-refractivity contribution in [3.05, 3.63) is 96.1 Å². The first-order valence-electron chi connectivity index (χ1n) is 8.40. The van der Waals surface area contributed by atoms with Gasteiger partial charge in [-0.1, -0.05) is 60.7 Å². The van der Waals surface area contributed by atoms with Gasteiger partial charge in [0.2, 0.25) is 0 Å². The van der Waals surface area contributed by atoms with Crippen LogP contribution in [0.4, 0.5) is 0 Å². The van der Waals surface area contributed by atoms with E-state index in [0.29, 0.717) is 0 Å². The molecule has 3 rings (SSSR count). The fourth-order valence-corrected chi connectivity index (χ4v) is 2.90. The maximum atomic E-state index is 8.79. The predicted molar refractivity (Wildman–Crippen MR) is 100 cm³/mol. The zero-order valence-electron chi connectivity index (χ0n) is 14.2. The van der Waals surface area contributed by atoms with E-state index in [4.69, 9.17) is 9.84 Å². The minimum Gasteiger partial charge on any atom is -0.396 e. The lowest BCUT2D eigenvalue weighted by molar-refractivity contribution is 0.0752. The molecule has 1 atom stereocenters. The molecule has 0 fully saturated rings. The number of benzene rings is 2. The summed E-state index contributed by atoms with van der Waals surface area (Å²) in [5.41, 5.74) is 5.16. The lowest BCUT2D eigenvalue weighted by Crippen LogP contribution is -2.14. The van der Waals surface area contributed by atoms with Gasteiger partial charge in [0.1, 0.15) is 6.10 Å².